The molecule has 0 radical (unpaired) electrons. The van der Waals surface area contributed by atoms with Crippen LogP contribution in [-0.4, -0.2) is 72.5 Å². The molecule has 0 saturated carbocycles. The average molecular weight is 415 g/mol. The molecule has 0 spiro atoms. The van der Waals surface area contributed by atoms with Crippen LogP contribution in [0.4, 0.5) is 0 Å². The fourth-order valence-electron chi connectivity index (χ4n) is 1.69. The number of unbranched alkanes of at least 4 members (excludes halogenated alkanes) is 2. The first kappa shape index (κ1) is 25.3. The van der Waals surface area contributed by atoms with Gasteiger partial charge in [-0.25, -0.2) is 0 Å². The van der Waals surface area contributed by atoms with E-state index in [-0.39, 0.29) is 0 Å². The van der Waals surface area contributed by atoms with Gasteiger partial charge in [0.15, 0.2) is 0 Å². The van der Waals surface area contributed by atoms with Crippen LogP contribution in [0.25, 0.3) is 0 Å². The fourth-order valence-corrected chi connectivity index (χ4v) is 5.81. The minimum absolute atomic E-state index is 0.923. The Morgan fingerprint density at radius 1 is 0.458 bits per heavy atom. The first-order chi connectivity index (χ1) is 11.9. The Kier molecular flexibility index (Phi) is 25.7. The van der Waals surface area contributed by atoms with E-state index >= 15 is 0 Å². The molecule has 0 aliphatic heterocycles. The maximum atomic E-state index is 5.56. The Hall–Kier alpha value is 1.32. The van der Waals surface area contributed by atoms with E-state index in [0.717, 1.165) is 37.9 Å². The summed E-state index contributed by atoms with van der Waals surface area (Å²) in [4.78, 5) is 0. The van der Waals surface area contributed by atoms with E-state index in [9.17, 15) is 0 Å². The second kappa shape index (κ2) is 24.3. The molecule has 146 valence electrons. The van der Waals surface area contributed by atoms with Crippen molar-refractivity contribution < 1.29 is 9.47 Å². The van der Waals surface area contributed by atoms with Gasteiger partial charge in [0, 0.05) is 59.2 Å². The van der Waals surface area contributed by atoms with E-state index < -0.39 is 0 Å². The molecule has 6 heteroatoms. The second-order valence-electron chi connectivity index (χ2n) is 5.38. The van der Waals surface area contributed by atoms with Crippen molar-refractivity contribution >= 4 is 47.0 Å². The molecule has 0 aromatic heterocycles. The van der Waals surface area contributed by atoms with Crippen LogP contribution in [0.3, 0.4) is 0 Å². The van der Waals surface area contributed by atoms with Crippen LogP contribution in [0.15, 0.2) is 0 Å². The largest absolute Gasteiger partial charge is 0.381 e. The standard InChI is InChI=1S/C18H38O2S4/c1-3-5-7-19-9-11-21-13-15-23-17-18-24-16-14-22-12-10-20-8-6-4-2/h3-18H2,1-2H3. The lowest BCUT2D eigenvalue weighted by Crippen LogP contribution is -2.00. The van der Waals surface area contributed by atoms with E-state index in [4.69, 9.17) is 9.47 Å². The molecule has 0 aliphatic carbocycles. The lowest BCUT2D eigenvalue weighted by atomic mass is 10.4. The van der Waals surface area contributed by atoms with Gasteiger partial charge in [-0.2, -0.15) is 47.0 Å². The van der Waals surface area contributed by atoms with Gasteiger partial charge in [0.1, 0.15) is 0 Å². The molecule has 0 amide bonds. The Labute approximate surface area is 168 Å². The SMILES string of the molecule is CCCCOCCSCCSCCSCCSCCOCCCC. The van der Waals surface area contributed by atoms with E-state index in [0.29, 0.717) is 0 Å². The molecule has 0 atom stereocenters. The highest BCUT2D eigenvalue weighted by molar-refractivity contribution is 8.05. The molecule has 0 aliphatic rings. The van der Waals surface area contributed by atoms with Crippen LogP contribution in [-0.2, 0) is 9.47 Å². The van der Waals surface area contributed by atoms with Gasteiger partial charge < -0.3 is 9.47 Å². The molecule has 24 heavy (non-hydrogen) atoms. The summed E-state index contributed by atoms with van der Waals surface area (Å²) in [5.74, 6) is 9.98. The maximum Gasteiger partial charge on any atom is 0.0556 e. The second-order valence-corrected chi connectivity index (χ2v) is 10.3. The van der Waals surface area contributed by atoms with Gasteiger partial charge in [0.25, 0.3) is 0 Å². The minimum Gasteiger partial charge on any atom is -0.381 e. The zero-order valence-electron chi connectivity index (χ0n) is 15.8. The van der Waals surface area contributed by atoms with Gasteiger partial charge in [-0.15, -0.1) is 0 Å². The molecule has 2 nitrogen and oxygen atoms in total. The van der Waals surface area contributed by atoms with Gasteiger partial charge in [0.05, 0.1) is 13.2 Å². The van der Waals surface area contributed by atoms with Gasteiger partial charge in [-0.3, -0.25) is 0 Å². The van der Waals surface area contributed by atoms with Gasteiger partial charge >= 0.3 is 0 Å². The van der Waals surface area contributed by atoms with Crippen LogP contribution in [0.5, 0.6) is 0 Å². The van der Waals surface area contributed by atoms with Crippen LogP contribution in [0.1, 0.15) is 39.5 Å². The molecular formula is C18H38O2S4. The number of ether oxygens (including phenoxy) is 2. The van der Waals surface area contributed by atoms with Gasteiger partial charge in [-0.05, 0) is 12.8 Å². The number of thioether (sulfide) groups is 4. The summed E-state index contributed by atoms with van der Waals surface area (Å²) in [6.07, 6.45) is 4.86. The summed E-state index contributed by atoms with van der Waals surface area (Å²) in [5, 5.41) is 0. The first-order valence-corrected chi connectivity index (χ1v) is 14.0. The fraction of sp³-hybridized carbons (Fsp3) is 1.00. The lowest BCUT2D eigenvalue weighted by Gasteiger charge is -2.05. The Morgan fingerprint density at radius 2 is 0.792 bits per heavy atom. The van der Waals surface area contributed by atoms with Crippen molar-refractivity contribution in [2.24, 2.45) is 0 Å². The highest BCUT2D eigenvalue weighted by atomic mass is 32.2. The third-order valence-corrected chi connectivity index (χ3v) is 7.79. The minimum atomic E-state index is 0.923. The molecule has 0 N–H and O–H groups in total. The smallest absolute Gasteiger partial charge is 0.0556 e. The zero-order valence-corrected chi connectivity index (χ0v) is 19.0. The molecule has 0 bridgehead atoms. The molecule has 0 rings (SSSR count). The van der Waals surface area contributed by atoms with E-state index in [1.807, 2.05) is 23.5 Å². The predicted octanol–water partition coefficient (Wildman–Crippen LogP) is 5.55. The molecule has 0 aromatic carbocycles. The Balaban J connectivity index is 2.93. The van der Waals surface area contributed by atoms with Crippen LogP contribution < -0.4 is 0 Å². The number of hydrogen-bond donors (Lipinski definition) is 0. The molecule has 0 unspecified atom stereocenters. The summed E-state index contributed by atoms with van der Waals surface area (Å²) < 4.78 is 11.1. The topological polar surface area (TPSA) is 18.5 Å². The summed E-state index contributed by atoms with van der Waals surface area (Å²) in [7, 11) is 0. The van der Waals surface area contributed by atoms with E-state index in [2.05, 4.69) is 37.4 Å². The Bertz CT molecular complexity index is 199. The van der Waals surface area contributed by atoms with Crippen molar-refractivity contribution in [2.75, 3.05) is 72.5 Å². The van der Waals surface area contributed by atoms with E-state index in [1.54, 1.807) is 0 Å². The van der Waals surface area contributed by atoms with Crippen LogP contribution in [0.2, 0.25) is 0 Å². The average Bonchev–Trinajstić information content (AvgIpc) is 2.60. The monoisotopic (exact) mass is 414 g/mol. The molecule has 0 saturated heterocycles. The number of hydrogen-bond acceptors (Lipinski definition) is 6. The lowest BCUT2D eigenvalue weighted by molar-refractivity contribution is 0.147. The van der Waals surface area contributed by atoms with Crippen LogP contribution in [0, 0.1) is 0 Å². The highest BCUT2D eigenvalue weighted by Crippen LogP contribution is 2.12. The van der Waals surface area contributed by atoms with Crippen molar-refractivity contribution in [1.82, 2.24) is 0 Å². The summed E-state index contributed by atoms with van der Waals surface area (Å²) in [6, 6.07) is 0. The van der Waals surface area contributed by atoms with Crippen molar-refractivity contribution in [3.8, 4) is 0 Å². The quantitative estimate of drug-likeness (QED) is 0.227. The molecular weight excluding hydrogens is 376 g/mol. The van der Waals surface area contributed by atoms with Crippen molar-refractivity contribution in [2.45, 2.75) is 39.5 Å². The zero-order chi connectivity index (χ0) is 17.6. The third-order valence-electron chi connectivity index (χ3n) is 3.14. The molecule has 0 heterocycles. The van der Waals surface area contributed by atoms with E-state index in [1.165, 1.54) is 60.2 Å². The summed E-state index contributed by atoms with van der Waals surface area (Å²) in [6.45, 7) is 8.13. The van der Waals surface area contributed by atoms with Crippen molar-refractivity contribution in [1.29, 1.82) is 0 Å². The van der Waals surface area contributed by atoms with Crippen molar-refractivity contribution in [3.63, 3.8) is 0 Å². The molecule has 0 aromatic rings. The van der Waals surface area contributed by atoms with Gasteiger partial charge in [-0.1, -0.05) is 26.7 Å². The molecule has 0 fully saturated rings. The normalized spacial score (nSPS) is 11.2. The summed E-state index contributed by atoms with van der Waals surface area (Å²) in [5.41, 5.74) is 0. The predicted molar refractivity (Wildman–Crippen MR) is 121 cm³/mol. The van der Waals surface area contributed by atoms with Gasteiger partial charge in [0.2, 0.25) is 0 Å². The maximum absolute atomic E-state index is 5.56. The highest BCUT2D eigenvalue weighted by Gasteiger charge is 1.95. The Morgan fingerprint density at radius 3 is 1.12 bits per heavy atom. The third kappa shape index (κ3) is 23.3. The number of rotatable bonds is 21. The van der Waals surface area contributed by atoms with Crippen LogP contribution >= 0.6 is 47.0 Å². The first-order valence-electron chi connectivity index (χ1n) is 9.38. The summed E-state index contributed by atoms with van der Waals surface area (Å²) >= 11 is 8.25. The van der Waals surface area contributed by atoms with Crippen molar-refractivity contribution in [3.05, 3.63) is 0 Å².